The Morgan fingerprint density at radius 1 is 0.900 bits per heavy atom. The van der Waals surface area contributed by atoms with E-state index in [0.717, 1.165) is 11.1 Å². The Labute approximate surface area is 233 Å². The number of carbonyl (C=O) groups is 1. The minimum absolute atomic E-state index is 0.129. The van der Waals surface area contributed by atoms with E-state index in [2.05, 4.69) is 5.32 Å². The Hall–Kier alpha value is -4.91. The molecule has 5 aromatic rings. The van der Waals surface area contributed by atoms with Gasteiger partial charge in [0.15, 0.2) is 0 Å². The predicted octanol–water partition coefficient (Wildman–Crippen LogP) is 6.64. The highest BCUT2D eigenvalue weighted by atomic mass is 16.5. The molecule has 0 saturated heterocycles. The van der Waals surface area contributed by atoms with E-state index in [4.69, 9.17) is 9.72 Å². The number of amides is 2. The molecule has 4 aromatic carbocycles. The summed E-state index contributed by atoms with van der Waals surface area (Å²) < 4.78 is 7.05. The second kappa shape index (κ2) is 12.3. The van der Waals surface area contributed by atoms with Gasteiger partial charge in [-0.1, -0.05) is 85.8 Å². The molecule has 5 rings (SSSR count). The largest absolute Gasteiger partial charge is 0.497 e. The molecule has 1 N–H and O–H groups in total. The lowest BCUT2D eigenvalue weighted by atomic mass is 10.1. The molecule has 7 heteroatoms. The lowest BCUT2D eigenvalue weighted by Gasteiger charge is -2.32. The lowest BCUT2D eigenvalue weighted by Crippen LogP contribution is -2.40. The van der Waals surface area contributed by atoms with E-state index in [-0.39, 0.29) is 11.6 Å². The minimum Gasteiger partial charge on any atom is -0.497 e. The first-order valence-electron chi connectivity index (χ1n) is 13.4. The Morgan fingerprint density at radius 2 is 1.57 bits per heavy atom. The smallest absolute Gasteiger partial charge is 0.322 e. The van der Waals surface area contributed by atoms with Crippen molar-refractivity contribution in [2.24, 2.45) is 0 Å². The van der Waals surface area contributed by atoms with Crippen LogP contribution in [-0.4, -0.2) is 27.6 Å². The molecule has 0 radical (unpaired) electrons. The van der Waals surface area contributed by atoms with Gasteiger partial charge in [0.25, 0.3) is 5.56 Å². The number of ether oxygens (including phenoxy) is 1. The predicted molar refractivity (Wildman–Crippen MR) is 159 cm³/mol. The molecule has 0 aliphatic carbocycles. The van der Waals surface area contributed by atoms with Crippen molar-refractivity contribution in [3.05, 3.63) is 136 Å². The number of benzene rings is 4. The number of nitrogens with zero attached hydrogens (tertiary/aromatic N) is 3. The summed E-state index contributed by atoms with van der Waals surface area (Å²) >= 11 is 0. The van der Waals surface area contributed by atoms with Gasteiger partial charge < -0.3 is 15.0 Å². The van der Waals surface area contributed by atoms with Crippen LogP contribution in [0.3, 0.4) is 0 Å². The zero-order valence-corrected chi connectivity index (χ0v) is 22.7. The Morgan fingerprint density at radius 3 is 2.27 bits per heavy atom. The van der Waals surface area contributed by atoms with Crippen molar-refractivity contribution in [3.8, 4) is 5.75 Å². The second-order valence-corrected chi connectivity index (χ2v) is 9.56. The zero-order chi connectivity index (χ0) is 27.9. The van der Waals surface area contributed by atoms with Gasteiger partial charge in [-0.05, 0) is 41.8 Å². The van der Waals surface area contributed by atoms with Crippen LogP contribution in [0, 0.1) is 0 Å². The lowest BCUT2D eigenvalue weighted by molar-refractivity contribution is 0.176. The van der Waals surface area contributed by atoms with Gasteiger partial charge in [0.05, 0.1) is 30.6 Å². The van der Waals surface area contributed by atoms with Crippen LogP contribution in [0.15, 0.2) is 114 Å². The number of urea groups is 1. The van der Waals surface area contributed by atoms with Crippen LogP contribution in [0.25, 0.3) is 10.9 Å². The summed E-state index contributed by atoms with van der Waals surface area (Å²) in [7, 11) is 1.59. The summed E-state index contributed by atoms with van der Waals surface area (Å²) in [5.74, 6) is 1.19. The van der Waals surface area contributed by atoms with Crippen molar-refractivity contribution >= 4 is 22.6 Å². The Kier molecular flexibility index (Phi) is 8.21. The highest BCUT2D eigenvalue weighted by Gasteiger charge is 2.29. The molecule has 0 saturated carbocycles. The molecular formula is C33H32N4O3. The number of hydrogen-bond donors (Lipinski definition) is 1. The fraction of sp³-hybridized carbons (Fsp3) is 0.182. The summed E-state index contributed by atoms with van der Waals surface area (Å²) in [4.78, 5) is 34.6. The third-order valence-electron chi connectivity index (χ3n) is 6.91. The molecule has 40 heavy (non-hydrogen) atoms. The molecule has 2 amide bonds. The van der Waals surface area contributed by atoms with E-state index in [9.17, 15) is 9.59 Å². The van der Waals surface area contributed by atoms with Crippen molar-refractivity contribution in [3.63, 3.8) is 0 Å². The highest BCUT2D eigenvalue weighted by Crippen LogP contribution is 2.28. The number of methoxy groups -OCH3 is 1. The molecule has 1 unspecified atom stereocenters. The first-order valence-corrected chi connectivity index (χ1v) is 13.4. The zero-order valence-electron chi connectivity index (χ0n) is 22.7. The maximum Gasteiger partial charge on any atom is 0.322 e. The van der Waals surface area contributed by atoms with E-state index < -0.39 is 6.04 Å². The van der Waals surface area contributed by atoms with Gasteiger partial charge >= 0.3 is 6.03 Å². The van der Waals surface area contributed by atoms with E-state index in [1.54, 1.807) is 28.7 Å². The summed E-state index contributed by atoms with van der Waals surface area (Å²) in [5, 5.41) is 3.58. The summed E-state index contributed by atoms with van der Waals surface area (Å²) in [6.45, 7) is 2.69. The third kappa shape index (κ3) is 5.89. The number of fused-ring (bicyclic) bond motifs is 1. The first kappa shape index (κ1) is 26.7. The molecule has 0 spiro atoms. The number of rotatable bonds is 9. The van der Waals surface area contributed by atoms with Crippen LogP contribution in [0.5, 0.6) is 5.75 Å². The molecule has 1 aromatic heterocycles. The standard InChI is InChI=1S/C33H32N4O3/c1-3-30(31-35-29-20-11-10-19-28(29)32(38)37(31)23-25-15-8-5-9-16-25)36(22-24-13-6-4-7-14-24)33(39)34-26-17-12-18-27(21-26)40-2/h4-21,30H,3,22-23H2,1-2H3,(H,34,39). The van der Waals surface area contributed by atoms with Crippen LogP contribution in [0.1, 0.15) is 36.3 Å². The fourth-order valence-corrected chi connectivity index (χ4v) is 4.90. The van der Waals surface area contributed by atoms with Crippen LogP contribution >= 0.6 is 0 Å². The second-order valence-electron chi connectivity index (χ2n) is 9.56. The van der Waals surface area contributed by atoms with E-state index >= 15 is 0 Å². The number of nitrogens with one attached hydrogen (secondary N) is 1. The van der Waals surface area contributed by atoms with Crippen molar-refractivity contribution in [1.82, 2.24) is 14.5 Å². The maximum atomic E-state index is 14.0. The number of para-hydroxylation sites is 1. The van der Waals surface area contributed by atoms with E-state index in [1.807, 2.05) is 104 Å². The number of hydrogen-bond acceptors (Lipinski definition) is 4. The number of aromatic nitrogens is 2. The maximum absolute atomic E-state index is 14.0. The summed E-state index contributed by atoms with van der Waals surface area (Å²) in [6.07, 6.45) is 0.554. The number of carbonyl (C=O) groups excluding carboxylic acids is 1. The molecule has 0 bridgehead atoms. The molecule has 0 aliphatic rings. The van der Waals surface area contributed by atoms with Crippen molar-refractivity contribution in [1.29, 1.82) is 0 Å². The average molecular weight is 533 g/mol. The minimum atomic E-state index is -0.480. The Bertz CT molecular complexity index is 1650. The third-order valence-corrected chi connectivity index (χ3v) is 6.91. The van der Waals surface area contributed by atoms with Crippen LogP contribution in [-0.2, 0) is 13.1 Å². The van der Waals surface area contributed by atoms with Gasteiger partial charge in [-0.2, -0.15) is 0 Å². The monoisotopic (exact) mass is 532 g/mol. The number of anilines is 1. The first-order chi connectivity index (χ1) is 19.6. The van der Waals surface area contributed by atoms with Gasteiger partial charge in [0, 0.05) is 18.3 Å². The van der Waals surface area contributed by atoms with Crippen molar-refractivity contribution in [2.75, 3.05) is 12.4 Å². The van der Waals surface area contributed by atoms with Gasteiger partial charge in [-0.25, -0.2) is 9.78 Å². The van der Waals surface area contributed by atoms with Crippen molar-refractivity contribution < 1.29 is 9.53 Å². The molecule has 0 aliphatic heterocycles. The van der Waals surface area contributed by atoms with Gasteiger partial charge in [-0.15, -0.1) is 0 Å². The van der Waals surface area contributed by atoms with Gasteiger partial charge in [0.1, 0.15) is 11.6 Å². The normalized spacial score (nSPS) is 11.7. The SMILES string of the molecule is CCC(c1nc2ccccc2c(=O)n1Cc1ccccc1)N(Cc1ccccc1)C(=O)Nc1cccc(OC)c1. The molecular weight excluding hydrogens is 500 g/mol. The van der Waals surface area contributed by atoms with Gasteiger partial charge in [0.2, 0.25) is 0 Å². The molecule has 1 heterocycles. The van der Waals surface area contributed by atoms with Gasteiger partial charge in [-0.3, -0.25) is 9.36 Å². The van der Waals surface area contributed by atoms with Crippen LogP contribution in [0.2, 0.25) is 0 Å². The Balaban J connectivity index is 1.62. The summed E-state index contributed by atoms with van der Waals surface area (Å²) in [6, 6.07) is 33.5. The molecule has 1 atom stereocenters. The van der Waals surface area contributed by atoms with E-state index in [0.29, 0.717) is 47.7 Å². The van der Waals surface area contributed by atoms with Crippen LogP contribution in [0.4, 0.5) is 10.5 Å². The highest BCUT2D eigenvalue weighted by molar-refractivity contribution is 5.90. The fourth-order valence-electron chi connectivity index (χ4n) is 4.90. The van der Waals surface area contributed by atoms with Crippen molar-refractivity contribution in [2.45, 2.75) is 32.5 Å². The quantitative estimate of drug-likeness (QED) is 0.231. The summed E-state index contributed by atoms with van der Waals surface area (Å²) in [5.41, 5.74) is 3.05. The van der Waals surface area contributed by atoms with Crippen LogP contribution < -0.4 is 15.6 Å². The average Bonchev–Trinajstić information content (AvgIpc) is 3.00. The molecule has 7 nitrogen and oxygen atoms in total. The molecule has 0 fully saturated rings. The topological polar surface area (TPSA) is 76.5 Å². The van der Waals surface area contributed by atoms with E-state index in [1.165, 1.54) is 0 Å². The molecule has 202 valence electrons.